The highest BCUT2D eigenvalue weighted by atomic mass is 127. The van der Waals surface area contributed by atoms with Gasteiger partial charge in [-0.15, -0.1) is 24.0 Å². The van der Waals surface area contributed by atoms with Crippen LogP contribution in [0, 0.1) is 5.82 Å². The third-order valence-electron chi connectivity index (χ3n) is 4.77. The predicted octanol–water partition coefficient (Wildman–Crippen LogP) is 3.06. The average Bonchev–Trinajstić information content (AvgIpc) is 3.22. The lowest BCUT2D eigenvalue weighted by molar-refractivity contribution is -0.0817. The largest absolute Gasteiger partial charge is 0.486 e. The Kier molecular flexibility index (Phi) is 9.73. The first-order valence-electron chi connectivity index (χ1n) is 9.85. The number of hydrogen-bond donors (Lipinski definition) is 1. The molecule has 3 atom stereocenters. The molecule has 3 rings (SSSR count). The van der Waals surface area contributed by atoms with Crippen molar-refractivity contribution in [1.29, 1.82) is 0 Å². The van der Waals surface area contributed by atoms with Crippen LogP contribution in [0.1, 0.15) is 26.7 Å². The summed E-state index contributed by atoms with van der Waals surface area (Å²) in [6.07, 6.45) is 2.19. The van der Waals surface area contributed by atoms with Gasteiger partial charge in [0.15, 0.2) is 17.5 Å². The maximum atomic E-state index is 13.7. The van der Waals surface area contributed by atoms with E-state index < -0.39 is 0 Å². The van der Waals surface area contributed by atoms with Crippen molar-refractivity contribution in [3.05, 3.63) is 30.1 Å². The number of nitrogens with one attached hydrogen (secondary N) is 1. The van der Waals surface area contributed by atoms with Gasteiger partial charge < -0.3 is 24.4 Å². The zero-order chi connectivity index (χ0) is 19.1. The molecule has 2 aliphatic rings. The third-order valence-corrected chi connectivity index (χ3v) is 4.77. The molecule has 2 fully saturated rings. The molecule has 0 spiro atoms. The van der Waals surface area contributed by atoms with Gasteiger partial charge in [0.2, 0.25) is 0 Å². The highest BCUT2D eigenvalue weighted by Crippen LogP contribution is 2.21. The standard InChI is InChI=1S/C20H30FN3O3.HI/c1-3-22-20(23-13-15(2)27-17-8-5-4-7-16(17)21)24-10-12-26-19(14-24)18-9-6-11-25-18;/h4-5,7-8,15,18-19H,3,6,9-14H2,1-2H3,(H,22,23);1H. The van der Waals surface area contributed by atoms with E-state index in [4.69, 9.17) is 19.2 Å². The summed E-state index contributed by atoms with van der Waals surface area (Å²) in [6, 6.07) is 6.44. The molecule has 0 bridgehead atoms. The van der Waals surface area contributed by atoms with Crippen LogP contribution in [0.2, 0.25) is 0 Å². The van der Waals surface area contributed by atoms with Gasteiger partial charge in [-0.3, -0.25) is 0 Å². The van der Waals surface area contributed by atoms with Crippen molar-refractivity contribution in [1.82, 2.24) is 10.2 Å². The lowest BCUT2D eigenvalue weighted by atomic mass is 10.1. The second-order valence-corrected chi connectivity index (χ2v) is 6.96. The highest BCUT2D eigenvalue weighted by Gasteiger charge is 2.32. The highest BCUT2D eigenvalue weighted by molar-refractivity contribution is 14.0. The molecule has 2 aliphatic heterocycles. The van der Waals surface area contributed by atoms with Crippen LogP contribution < -0.4 is 10.1 Å². The number of benzene rings is 1. The van der Waals surface area contributed by atoms with E-state index in [-0.39, 0.29) is 53.9 Å². The van der Waals surface area contributed by atoms with E-state index in [9.17, 15) is 4.39 Å². The SMILES string of the molecule is CCNC(=NCC(C)Oc1ccccc1F)N1CCOC(C2CCCO2)C1.I. The Hall–Kier alpha value is -1.13. The van der Waals surface area contributed by atoms with Crippen molar-refractivity contribution in [3.63, 3.8) is 0 Å². The van der Waals surface area contributed by atoms with E-state index >= 15 is 0 Å². The van der Waals surface area contributed by atoms with Gasteiger partial charge in [-0.2, -0.15) is 0 Å². The van der Waals surface area contributed by atoms with Crippen molar-refractivity contribution >= 4 is 29.9 Å². The molecule has 158 valence electrons. The van der Waals surface area contributed by atoms with Crippen LogP contribution in [0.25, 0.3) is 0 Å². The number of guanidine groups is 1. The molecule has 8 heteroatoms. The fraction of sp³-hybridized carbons (Fsp3) is 0.650. The number of ether oxygens (including phenoxy) is 3. The topological polar surface area (TPSA) is 55.3 Å². The third kappa shape index (κ3) is 6.45. The summed E-state index contributed by atoms with van der Waals surface area (Å²) in [5.41, 5.74) is 0. The Balaban J connectivity index is 0.00000280. The van der Waals surface area contributed by atoms with E-state index in [1.54, 1.807) is 18.2 Å². The van der Waals surface area contributed by atoms with Crippen LogP contribution in [-0.4, -0.2) is 68.6 Å². The van der Waals surface area contributed by atoms with Crippen LogP contribution in [0.4, 0.5) is 4.39 Å². The molecule has 1 aromatic rings. The zero-order valence-electron chi connectivity index (χ0n) is 16.6. The zero-order valence-corrected chi connectivity index (χ0v) is 18.9. The molecule has 6 nitrogen and oxygen atoms in total. The Morgan fingerprint density at radius 1 is 1.32 bits per heavy atom. The molecular weight excluding hydrogens is 476 g/mol. The monoisotopic (exact) mass is 507 g/mol. The number of hydrogen-bond acceptors (Lipinski definition) is 4. The van der Waals surface area contributed by atoms with E-state index in [0.717, 1.165) is 45.0 Å². The average molecular weight is 507 g/mol. The van der Waals surface area contributed by atoms with Gasteiger partial charge >= 0.3 is 0 Å². The number of para-hydroxylation sites is 1. The normalized spacial score (nSPS) is 23.8. The summed E-state index contributed by atoms with van der Waals surface area (Å²) in [6.45, 7) is 8.21. The van der Waals surface area contributed by atoms with Crippen LogP contribution in [0.15, 0.2) is 29.3 Å². The summed E-state index contributed by atoms with van der Waals surface area (Å²) in [5.74, 6) is 0.746. The fourth-order valence-electron chi connectivity index (χ4n) is 3.42. The quantitative estimate of drug-likeness (QED) is 0.365. The van der Waals surface area contributed by atoms with Crippen molar-refractivity contribution in [2.75, 3.05) is 39.4 Å². The van der Waals surface area contributed by atoms with Crippen molar-refractivity contribution in [2.24, 2.45) is 4.99 Å². The lowest BCUT2D eigenvalue weighted by Crippen LogP contribution is -2.53. The van der Waals surface area contributed by atoms with Gasteiger partial charge in [0.25, 0.3) is 0 Å². The summed E-state index contributed by atoms with van der Waals surface area (Å²) >= 11 is 0. The second-order valence-electron chi connectivity index (χ2n) is 6.96. The molecule has 0 aromatic heterocycles. The van der Waals surface area contributed by atoms with Gasteiger partial charge in [0.1, 0.15) is 12.2 Å². The first-order valence-corrected chi connectivity index (χ1v) is 9.85. The van der Waals surface area contributed by atoms with Gasteiger partial charge in [-0.25, -0.2) is 9.38 Å². The smallest absolute Gasteiger partial charge is 0.194 e. The summed E-state index contributed by atoms with van der Waals surface area (Å²) < 4.78 is 31.1. The molecule has 3 unspecified atom stereocenters. The van der Waals surface area contributed by atoms with Gasteiger partial charge in [-0.05, 0) is 38.8 Å². The molecule has 1 N–H and O–H groups in total. The van der Waals surface area contributed by atoms with E-state index in [2.05, 4.69) is 10.2 Å². The summed E-state index contributed by atoms with van der Waals surface area (Å²) in [4.78, 5) is 6.93. The van der Waals surface area contributed by atoms with Crippen LogP contribution in [0.3, 0.4) is 0 Å². The van der Waals surface area contributed by atoms with Crippen molar-refractivity contribution in [2.45, 2.75) is 45.0 Å². The van der Waals surface area contributed by atoms with Gasteiger partial charge in [-0.1, -0.05) is 12.1 Å². The van der Waals surface area contributed by atoms with Crippen LogP contribution >= 0.6 is 24.0 Å². The maximum Gasteiger partial charge on any atom is 0.194 e. The Bertz CT molecular complexity index is 628. The molecule has 2 saturated heterocycles. The lowest BCUT2D eigenvalue weighted by Gasteiger charge is -2.37. The van der Waals surface area contributed by atoms with E-state index in [1.807, 2.05) is 13.8 Å². The molecule has 0 saturated carbocycles. The Labute approximate surface area is 183 Å². The van der Waals surface area contributed by atoms with Crippen molar-refractivity contribution < 1.29 is 18.6 Å². The summed E-state index contributed by atoms with van der Waals surface area (Å²) in [7, 11) is 0. The Morgan fingerprint density at radius 2 is 2.11 bits per heavy atom. The number of halogens is 2. The van der Waals surface area contributed by atoms with E-state index in [0.29, 0.717) is 13.2 Å². The van der Waals surface area contributed by atoms with Crippen LogP contribution in [0.5, 0.6) is 5.75 Å². The first kappa shape index (κ1) is 23.2. The maximum absolute atomic E-state index is 13.7. The molecule has 1 aromatic carbocycles. The first-order chi connectivity index (χ1) is 13.2. The second kappa shape index (κ2) is 11.8. The van der Waals surface area contributed by atoms with E-state index in [1.165, 1.54) is 6.07 Å². The minimum absolute atomic E-state index is 0. The number of aliphatic imine (C=N–C) groups is 1. The van der Waals surface area contributed by atoms with Crippen LogP contribution in [-0.2, 0) is 9.47 Å². The van der Waals surface area contributed by atoms with Crippen molar-refractivity contribution in [3.8, 4) is 5.75 Å². The minimum atomic E-state index is -0.354. The fourth-order valence-corrected chi connectivity index (χ4v) is 3.42. The minimum Gasteiger partial charge on any atom is -0.486 e. The summed E-state index contributed by atoms with van der Waals surface area (Å²) in [5, 5.41) is 3.34. The molecule has 2 heterocycles. The number of morpholine rings is 1. The van der Waals surface area contributed by atoms with Gasteiger partial charge in [0, 0.05) is 26.2 Å². The van der Waals surface area contributed by atoms with Gasteiger partial charge in [0.05, 0.1) is 19.3 Å². The molecule has 0 amide bonds. The molecular formula is C20H31FIN3O3. The number of rotatable bonds is 6. The number of nitrogens with zero attached hydrogens (tertiary/aromatic N) is 2. The Morgan fingerprint density at radius 3 is 2.82 bits per heavy atom. The molecule has 28 heavy (non-hydrogen) atoms. The predicted molar refractivity (Wildman–Crippen MR) is 118 cm³/mol. The molecule has 0 aliphatic carbocycles. The molecule has 0 radical (unpaired) electrons.